The summed E-state index contributed by atoms with van der Waals surface area (Å²) in [6, 6.07) is 11.5. The maximum Gasteiger partial charge on any atom is 0.143 e. The number of hydrogen-bond donors (Lipinski definition) is 2. The Morgan fingerprint density at radius 1 is 1.28 bits per heavy atom. The second-order valence-corrected chi connectivity index (χ2v) is 4.08. The molecule has 0 aromatic heterocycles. The van der Waals surface area contributed by atoms with Gasteiger partial charge in [0.05, 0.1) is 28.0 Å². The van der Waals surface area contributed by atoms with Gasteiger partial charge >= 0.3 is 0 Å². The van der Waals surface area contributed by atoms with Crippen molar-refractivity contribution in [2.45, 2.75) is 0 Å². The van der Waals surface area contributed by atoms with Crippen molar-refractivity contribution in [3.8, 4) is 6.07 Å². The summed E-state index contributed by atoms with van der Waals surface area (Å²) in [4.78, 5) is 0. The second kappa shape index (κ2) is 4.94. The van der Waals surface area contributed by atoms with Crippen LogP contribution >= 0.6 is 11.6 Å². The van der Waals surface area contributed by atoms with Gasteiger partial charge < -0.3 is 11.1 Å². The molecule has 0 fully saturated rings. The minimum Gasteiger partial charge on any atom is -0.397 e. The molecular formula is C13H9ClFN3. The van der Waals surface area contributed by atoms with Crippen LogP contribution in [-0.2, 0) is 0 Å². The van der Waals surface area contributed by atoms with Gasteiger partial charge in [0.2, 0.25) is 0 Å². The molecule has 3 nitrogen and oxygen atoms in total. The summed E-state index contributed by atoms with van der Waals surface area (Å²) < 4.78 is 13.1. The maximum atomic E-state index is 13.1. The number of nitrogens with one attached hydrogen (secondary N) is 1. The van der Waals surface area contributed by atoms with E-state index in [-0.39, 0.29) is 10.7 Å². The Morgan fingerprint density at radius 2 is 2.06 bits per heavy atom. The quantitative estimate of drug-likeness (QED) is 0.811. The summed E-state index contributed by atoms with van der Waals surface area (Å²) in [5.41, 5.74) is 7.63. The zero-order valence-corrected chi connectivity index (χ0v) is 10.0. The Morgan fingerprint density at radius 3 is 2.78 bits per heavy atom. The summed E-state index contributed by atoms with van der Waals surface area (Å²) >= 11 is 5.69. The van der Waals surface area contributed by atoms with Crippen molar-refractivity contribution in [2.75, 3.05) is 11.1 Å². The fourth-order valence-corrected chi connectivity index (χ4v) is 1.66. The van der Waals surface area contributed by atoms with Crippen molar-refractivity contribution >= 4 is 28.7 Å². The normalized spacial score (nSPS) is 9.83. The lowest BCUT2D eigenvalue weighted by molar-refractivity contribution is 0.629. The molecule has 0 saturated carbocycles. The number of hydrogen-bond acceptors (Lipinski definition) is 3. The molecule has 0 aliphatic rings. The number of nitrogens with zero attached hydrogens (tertiary/aromatic N) is 1. The van der Waals surface area contributed by atoms with Gasteiger partial charge in [-0.25, -0.2) is 4.39 Å². The molecule has 0 bridgehead atoms. The van der Waals surface area contributed by atoms with E-state index in [1.807, 2.05) is 6.07 Å². The number of rotatable bonds is 2. The molecule has 3 N–H and O–H groups in total. The number of nitriles is 1. The minimum absolute atomic E-state index is 0.0110. The molecule has 0 aliphatic carbocycles. The van der Waals surface area contributed by atoms with Crippen LogP contribution in [0.5, 0.6) is 0 Å². The molecule has 0 radical (unpaired) electrons. The van der Waals surface area contributed by atoms with Gasteiger partial charge in [0.1, 0.15) is 5.82 Å². The first-order chi connectivity index (χ1) is 8.60. The molecule has 5 heteroatoms. The first-order valence-electron chi connectivity index (χ1n) is 5.12. The standard InChI is InChI=1S/C13H9ClFN3/c14-10-5-13(12(17)6-11(10)15)18-9-3-1-2-8(4-9)7-16/h1-6,18H,17H2. The van der Waals surface area contributed by atoms with Crippen LogP contribution in [0, 0.1) is 17.1 Å². The van der Waals surface area contributed by atoms with Crippen molar-refractivity contribution in [3.63, 3.8) is 0 Å². The summed E-state index contributed by atoms with van der Waals surface area (Å²) in [6.45, 7) is 0. The molecule has 0 atom stereocenters. The zero-order chi connectivity index (χ0) is 13.1. The Hall–Kier alpha value is -2.25. The van der Waals surface area contributed by atoms with E-state index in [0.29, 0.717) is 16.9 Å². The van der Waals surface area contributed by atoms with E-state index in [4.69, 9.17) is 22.6 Å². The van der Waals surface area contributed by atoms with E-state index < -0.39 is 5.82 Å². The van der Waals surface area contributed by atoms with Crippen LogP contribution in [0.4, 0.5) is 21.5 Å². The molecule has 0 heterocycles. The Labute approximate surface area is 109 Å². The Bertz CT molecular complexity index is 635. The van der Waals surface area contributed by atoms with E-state index in [2.05, 4.69) is 5.32 Å². The van der Waals surface area contributed by atoms with Gasteiger partial charge in [0.25, 0.3) is 0 Å². The van der Waals surface area contributed by atoms with Crippen molar-refractivity contribution in [1.82, 2.24) is 0 Å². The number of anilines is 3. The number of halogens is 2. The monoisotopic (exact) mass is 261 g/mol. The van der Waals surface area contributed by atoms with Gasteiger partial charge in [-0.1, -0.05) is 17.7 Å². The summed E-state index contributed by atoms with van der Waals surface area (Å²) in [5.74, 6) is -0.564. The van der Waals surface area contributed by atoms with Crippen molar-refractivity contribution in [1.29, 1.82) is 5.26 Å². The average molecular weight is 262 g/mol. The first kappa shape index (κ1) is 12.2. The predicted molar refractivity (Wildman–Crippen MR) is 70.3 cm³/mol. The molecule has 18 heavy (non-hydrogen) atoms. The van der Waals surface area contributed by atoms with Crippen LogP contribution in [0.3, 0.4) is 0 Å². The molecule has 2 aromatic rings. The highest BCUT2D eigenvalue weighted by molar-refractivity contribution is 6.31. The largest absolute Gasteiger partial charge is 0.397 e. The molecule has 2 rings (SSSR count). The molecule has 0 spiro atoms. The molecule has 0 unspecified atom stereocenters. The third-order valence-electron chi connectivity index (χ3n) is 2.36. The topological polar surface area (TPSA) is 61.8 Å². The van der Waals surface area contributed by atoms with Gasteiger partial charge in [-0.3, -0.25) is 0 Å². The summed E-state index contributed by atoms with van der Waals surface area (Å²) in [6.07, 6.45) is 0. The molecule has 0 saturated heterocycles. The van der Waals surface area contributed by atoms with Gasteiger partial charge in [-0.05, 0) is 24.3 Å². The van der Waals surface area contributed by atoms with E-state index in [1.54, 1.807) is 24.3 Å². The molecule has 0 amide bonds. The fraction of sp³-hybridized carbons (Fsp3) is 0. The predicted octanol–water partition coefficient (Wildman–Crippen LogP) is 3.68. The van der Waals surface area contributed by atoms with Crippen molar-refractivity contribution < 1.29 is 4.39 Å². The Balaban J connectivity index is 2.34. The van der Waals surface area contributed by atoms with Crippen LogP contribution in [0.25, 0.3) is 0 Å². The lowest BCUT2D eigenvalue weighted by atomic mass is 10.2. The SMILES string of the molecule is N#Cc1cccc(Nc2cc(Cl)c(F)cc2N)c1. The highest BCUT2D eigenvalue weighted by Crippen LogP contribution is 2.29. The lowest BCUT2D eigenvalue weighted by Gasteiger charge is -2.10. The lowest BCUT2D eigenvalue weighted by Crippen LogP contribution is -1.97. The second-order valence-electron chi connectivity index (χ2n) is 3.67. The van der Waals surface area contributed by atoms with E-state index in [9.17, 15) is 4.39 Å². The highest BCUT2D eigenvalue weighted by Gasteiger charge is 2.06. The molecule has 2 aromatic carbocycles. The summed E-state index contributed by atoms with van der Waals surface area (Å²) in [7, 11) is 0. The molecule has 90 valence electrons. The van der Waals surface area contributed by atoms with Crippen LogP contribution in [-0.4, -0.2) is 0 Å². The minimum atomic E-state index is -0.564. The molecular weight excluding hydrogens is 253 g/mol. The van der Waals surface area contributed by atoms with Gasteiger partial charge in [-0.15, -0.1) is 0 Å². The third kappa shape index (κ3) is 2.53. The van der Waals surface area contributed by atoms with E-state index in [0.717, 1.165) is 6.07 Å². The summed E-state index contributed by atoms with van der Waals surface area (Å²) in [5, 5.41) is 11.8. The Kier molecular flexibility index (Phi) is 3.35. The molecule has 0 aliphatic heterocycles. The van der Waals surface area contributed by atoms with Gasteiger partial charge in [0, 0.05) is 11.8 Å². The van der Waals surface area contributed by atoms with E-state index in [1.165, 1.54) is 6.07 Å². The average Bonchev–Trinajstić information content (AvgIpc) is 2.36. The first-order valence-corrected chi connectivity index (χ1v) is 5.49. The van der Waals surface area contributed by atoms with Crippen molar-refractivity contribution in [3.05, 3.63) is 52.8 Å². The van der Waals surface area contributed by atoms with E-state index >= 15 is 0 Å². The van der Waals surface area contributed by atoms with Crippen molar-refractivity contribution in [2.24, 2.45) is 0 Å². The number of nitrogens with two attached hydrogens (primary N) is 1. The van der Waals surface area contributed by atoms with Crippen LogP contribution < -0.4 is 11.1 Å². The fourth-order valence-electron chi connectivity index (χ4n) is 1.49. The smallest absolute Gasteiger partial charge is 0.143 e. The third-order valence-corrected chi connectivity index (χ3v) is 2.65. The highest BCUT2D eigenvalue weighted by atomic mass is 35.5. The van der Waals surface area contributed by atoms with Crippen LogP contribution in [0.15, 0.2) is 36.4 Å². The number of nitrogen functional groups attached to an aromatic ring is 1. The van der Waals surface area contributed by atoms with Gasteiger partial charge in [0.15, 0.2) is 0 Å². The van der Waals surface area contributed by atoms with Gasteiger partial charge in [-0.2, -0.15) is 5.26 Å². The maximum absolute atomic E-state index is 13.1. The number of benzene rings is 2. The van der Waals surface area contributed by atoms with Crippen LogP contribution in [0.1, 0.15) is 5.56 Å². The zero-order valence-electron chi connectivity index (χ0n) is 9.24. The van der Waals surface area contributed by atoms with Crippen LogP contribution in [0.2, 0.25) is 5.02 Å².